The van der Waals surface area contributed by atoms with Gasteiger partial charge in [-0.1, -0.05) is 17.8 Å². The van der Waals surface area contributed by atoms with Crippen molar-refractivity contribution in [2.24, 2.45) is 7.05 Å². The van der Waals surface area contributed by atoms with Crippen LogP contribution in [0.5, 0.6) is 0 Å². The highest BCUT2D eigenvalue weighted by molar-refractivity contribution is 7.99. The van der Waals surface area contributed by atoms with Gasteiger partial charge in [0.2, 0.25) is 5.91 Å². The second-order valence-electron chi connectivity index (χ2n) is 5.30. The highest BCUT2D eigenvalue weighted by Crippen LogP contribution is 2.35. The van der Waals surface area contributed by atoms with Crippen molar-refractivity contribution in [1.29, 1.82) is 0 Å². The second-order valence-corrected chi connectivity index (χ2v) is 7.22. The van der Waals surface area contributed by atoms with Crippen molar-refractivity contribution in [3.05, 3.63) is 34.3 Å². The first kappa shape index (κ1) is 15.6. The summed E-state index contributed by atoms with van der Waals surface area (Å²) in [5.41, 5.74) is 0.757. The van der Waals surface area contributed by atoms with Crippen LogP contribution >= 0.6 is 23.1 Å². The number of aliphatic hydroxyl groups excluding tert-OH is 1. The van der Waals surface area contributed by atoms with Crippen molar-refractivity contribution < 1.29 is 9.90 Å². The average Bonchev–Trinajstić information content (AvgIpc) is 3.25. The molecule has 0 radical (unpaired) electrons. The van der Waals surface area contributed by atoms with Crippen LogP contribution in [0, 0.1) is 0 Å². The minimum absolute atomic E-state index is 0.0371. The fraction of sp³-hybridized carbons (Fsp3) is 0.467. The van der Waals surface area contributed by atoms with Gasteiger partial charge in [-0.3, -0.25) is 4.79 Å². The maximum Gasteiger partial charge on any atom is 0.233 e. The summed E-state index contributed by atoms with van der Waals surface area (Å²) in [7, 11) is 1.86. The van der Waals surface area contributed by atoms with Crippen molar-refractivity contribution in [3.63, 3.8) is 0 Å². The molecule has 0 bridgehead atoms. The molecule has 1 amide bonds. The van der Waals surface area contributed by atoms with Gasteiger partial charge in [0.25, 0.3) is 0 Å². The van der Waals surface area contributed by atoms with Crippen LogP contribution in [0.3, 0.4) is 0 Å². The number of thiophene rings is 1. The molecule has 5 nitrogen and oxygen atoms in total. The Hall–Kier alpha value is -1.31. The van der Waals surface area contributed by atoms with E-state index in [2.05, 4.69) is 16.4 Å². The molecule has 0 aromatic carbocycles. The van der Waals surface area contributed by atoms with Gasteiger partial charge in [0.05, 0.1) is 30.3 Å². The number of thioether (sulfide) groups is 1. The molecule has 1 fully saturated rings. The Morgan fingerprint density at radius 3 is 3.14 bits per heavy atom. The molecule has 3 heterocycles. The molecule has 1 N–H and O–H groups in total. The number of carbonyl (C=O) groups excluding carboxylic acids is 1. The van der Waals surface area contributed by atoms with Crippen LogP contribution in [0.25, 0.3) is 0 Å². The summed E-state index contributed by atoms with van der Waals surface area (Å²) in [4.78, 5) is 20.1. The zero-order valence-electron chi connectivity index (χ0n) is 12.4. The molecule has 0 aliphatic carbocycles. The van der Waals surface area contributed by atoms with E-state index in [4.69, 9.17) is 0 Å². The van der Waals surface area contributed by atoms with Gasteiger partial charge in [0.1, 0.15) is 0 Å². The molecule has 118 valence electrons. The number of aliphatic hydroxyl groups is 1. The molecule has 7 heteroatoms. The molecular formula is C15H19N3O2S2. The van der Waals surface area contributed by atoms with Gasteiger partial charge in [-0.15, -0.1) is 11.3 Å². The molecule has 1 unspecified atom stereocenters. The number of hydrogen-bond acceptors (Lipinski definition) is 5. The van der Waals surface area contributed by atoms with Crippen LogP contribution in [-0.2, 0) is 18.4 Å². The lowest BCUT2D eigenvalue weighted by Gasteiger charge is -2.23. The third-order valence-corrected chi connectivity index (χ3v) is 5.98. The second kappa shape index (κ2) is 6.85. The minimum Gasteiger partial charge on any atom is -0.390 e. The van der Waals surface area contributed by atoms with Gasteiger partial charge in [0.15, 0.2) is 5.16 Å². The van der Waals surface area contributed by atoms with E-state index in [0.29, 0.717) is 5.75 Å². The fourth-order valence-electron chi connectivity index (χ4n) is 2.76. The molecule has 22 heavy (non-hydrogen) atoms. The molecule has 2 aromatic heterocycles. The molecule has 1 atom stereocenters. The van der Waals surface area contributed by atoms with Crippen LogP contribution in [0.1, 0.15) is 29.5 Å². The number of rotatable bonds is 5. The number of nitrogens with zero attached hydrogens (tertiary/aromatic N) is 3. The fourth-order valence-corrected chi connectivity index (χ4v) is 4.49. The Kier molecular flexibility index (Phi) is 4.85. The van der Waals surface area contributed by atoms with Gasteiger partial charge in [0, 0.05) is 18.5 Å². The van der Waals surface area contributed by atoms with Crippen LogP contribution in [0.15, 0.2) is 28.9 Å². The standard InChI is InChI=1S/C15H19N3O2S2/c1-17-11(9-19)8-16-15(17)22-10-14(20)18-6-2-4-12(18)13-5-3-7-21-13/h3,5,7-8,12,19H,2,4,6,9-10H2,1H3. The predicted octanol–water partition coefficient (Wildman–Crippen LogP) is 2.43. The Bertz CT molecular complexity index is 639. The summed E-state index contributed by atoms with van der Waals surface area (Å²) < 4.78 is 1.83. The van der Waals surface area contributed by atoms with E-state index in [1.165, 1.54) is 16.6 Å². The van der Waals surface area contributed by atoms with E-state index in [0.717, 1.165) is 30.2 Å². The zero-order chi connectivity index (χ0) is 15.5. The quantitative estimate of drug-likeness (QED) is 0.852. The van der Waals surface area contributed by atoms with Gasteiger partial charge in [-0.05, 0) is 24.3 Å². The number of amides is 1. The van der Waals surface area contributed by atoms with Gasteiger partial charge >= 0.3 is 0 Å². The SMILES string of the molecule is Cn1c(CO)cnc1SCC(=O)N1CCCC1c1cccs1. The van der Waals surface area contributed by atoms with E-state index in [-0.39, 0.29) is 18.6 Å². The van der Waals surface area contributed by atoms with Crippen LogP contribution in [-0.4, -0.2) is 37.8 Å². The Balaban J connectivity index is 1.63. The lowest BCUT2D eigenvalue weighted by Crippen LogP contribution is -2.31. The van der Waals surface area contributed by atoms with Crippen molar-refractivity contribution in [2.75, 3.05) is 12.3 Å². The van der Waals surface area contributed by atoms with Gasteiger partial charge in [-0.2, -0.15) is 0 Å². The third-order valence-electron chi connectivity index (χ3n) is 3.97. The smallest absolute Gasteiger partial charge is 0.233 e. The van der Waals surface area contributed by atoms with Crippen LogP contribution in [0.4, 0.5) is 0 Å². The van der Waals surface area contributed by atoms with Crippen molar-refractivity contribution in [3.8, 4) is 0 Å². The topological polar surface area (TPSA) is 58.4 Å². The van der Waals surface area contributed by atoms with E-state index >= 15 is 0 Å². The summed E-state index contributed by atoms with van der Waals surface area (Å²) in [6, 6.07) is 4.39. The number of hydrogen-bond donors (Lipinski definition) is 1. The largest absolute Gasteiger partial charge is 0.390 e. The van der Waals surface area contributed by atoms with E-state index in [1.807, 2.05) is 22.6 Å². The summed E-state index contributed by atoms with van der Waals surface area (Å²) in [6.07, 6.45) is 3.77. The highest BCUT2D eigenvalue weighted by atomic mass is 32.2. The lowest BCUT2D eigenvalue weighted by atomic mass is 10.2. The average molecular weight is 337 g/mol. The molecule has 0 spiro atoms. The maximum absolute atomic E-state index is 12.5. The molecule has 3 rings (SSSR count). The molecular weight excluding hydrogens is 318 g/mol. The monoisotopic (exact) mass is 337 g/mol. The Morgan fingerprint density at radius 2 is 2.45 bits per heavy atom. The molecule has 1 saturated heterocycles. The van der Waals surface area contributed by atoms with Gasteiger partial charge in [-0.25, -0.2) is 4.98 Å². The summed E-state index contributed by atoms with van der Waals surface area (Å²) in [6.45, 7) is 0.801. The van der Waals surface area contributed by atoms with E-state index in [1.54, 1.807) is 17.5 Å². The first-order valence-electron chi connectivity index (χ1n) is 7.28. The summed E-state index contributed by atoms with van der Waals surface area (Å²) in [5, 5.41) is 12.0. The van der Waals surface area contributed by atoms with Crippen molar-refractivity contribution >= 4 is 29.0 Å². The summed E-state index contributed by atoms with van der Waals surface area (Å²) in [5.74, 6) is 0.548. The number of carbonyl (C=O) groups is 1. The lowest BCUT2D eigenvalue weighted by molar-refractivity contribution is -0.129. The maximum atomic E-state index is 12.5. The predicted molar refractivity (Wildman–Crippen MR) is 87.9 cm³/mol. The molecule has 1 aliphatic rings. The van der Waals surface area contributed by atoms with E-state index < -0.39 is 0 Å². The molecule has 1 aliphatic heterocycles. The number of aromatic nitrogens is 2. The normalized spacial score (nSPS) is 18.1. The highest BCUT2D eigenvalue weighted by Gasteiger charge is 2.30. The number of imidazole rings is 1. The van der Waals surface area contributed by atoms with Crippen molar-refractivity contribution in [2.45, 2.75) is 30.6 Å². The Labute approximate surface area is 138 Å². The third kappa shape index (κ3) is 3.06. The van der Waals surface area contributed by atoms with E-state index in [9.17, 15) is 9.90 Å². The van der Waals surface area contributed by atoms with Gasteiger partial charge < -0.3 is 14.6 Å². The zero-order valence-corrected chi connectivity index (χ0v) is 14.1. The number of likely N-dealkylation sites (tertiary alicyclic amines) is 1. The van der Waals surface area contributed by atoms with Crippen LogP contribution < -0.4 is 0 Å². The first-order valence-corrected chi connectivity index (χ1v) is 9.14. The molecule has 2 aromatic rings. The minimum atomic E-state index is -0.0371. The van der Waals surface area contributed by atoms with Crippen molar-refractivity contribution in [1.82, 2.24) is 14.5 Å². The van der Waals surface area contributed by atoms with Crippen LogP contribution in [0.2, 0.25) is 0 Å². The Morgan fingerprint density at radius 1 is 1.59 bits per heavy atom. The summed E-state index contributed by atoms with van der Waals surface area (Å²) >= 11 is 3.15. The first-order chi connectivity index (χ1) is 10.7. The molecule has 0 saturated carbocycles.